The van der Waals surface area contributed by atoms with Gasteiger partial charge in [-0.25, -0.2) is 4.98 Å². The van der Waals surface area contributed by atoms with Gasteiger partial charge in [-0.2, -0.15) is 4.98 Å². The van der Waals surface area contributed by atoms with Crippen molar-refractivity contribution < 1.29 is 4.74 Å². The molecule has 3 rings (SSSR count). The number of nitrogens with one attached hydrogen (secondary N) is 3. The Balaban J connectivity index is 1.57. The summed E-state index contributed by atoms with van der Waals surface area (Å²) in [7, 11) is 1.55. The summed E-state index contributed by atoms with van der Waals surface area (Å²) in [6, 6.07) is 20.2. The molecule has 0 atom stereocenters. The van der Waals surface area contributed by atoms with E-state index in [4.69, 9.17) is 10.1 Å². The number of aromatic nitrogens is 2. The Morgan fingerprint density at radius 3 is 2.38 bits per heavy atom. The molecule has 0 saturated carbocycles. The molecule has 3 aromatic rings. The van der Waals surface area contributed by atoms with Crippen molar-refractivity contribution in [3.05, 3.63) is 71.9 Å². The maximum Gasteiger partial charge on any atom is 0.233 e. The van der Waals surface area contributed by atoms with Gasteiger partial charge in [0.05, 0.1) is 7.11 Å². The lowest BCUT2D eigenvalue weighted by atomic mass is 10.0. The molecule has 0 bridgehead atoms. The lowest BCUT2D eigenvalue weighted by Crippen LogP contribution is -2.29. The topological polar surface area (TPSA) is 82.9 Å². The maximum absolute atomic E-state index is 8.01. The summed E-state index contributed by atoms with van der Waals surface area (Å²) in [5, 5.41) is 13.9. The van der Waals surface area contributed by atoms with Crippen LogP contribution in [0.2, 0.25) is 0 Å². The van der Waals surface area contributed by atoms with Crippen LogP contribution in [0.4, 0.5) is 5.95 Å². The zero-order valence-electron chi connectivity index (χ0n) is 14.8. The normalized spacial score (nSPS) is 10.2. The Morgan fingerprint density at radius 1 is 1.00 bits per heavy atom. The highest BCUT2D eigenvalue weighted by atomic mass is 16.5. The Hall–Kier alpha value is -3.41. The lowest BCUT2D eigenvalue weighted by molar-refractivity contribution is 0.397. The van der Waals surface area contributed by atoms with Gasteiger partial charge in [0, 0.05) is 18.3 Å². The van der Waals surface area contributed by atoms with Gasteiger partial charge in [0.25, 0.3) is 0 Å². The van der Waals surface area contributed by atoms with E-state index in [2.05, 4.69) is 57.0 Å². The zero-order valence-corrected chi connectivity index (χ0v) is 14.8. The largest absolute Gasteiger partial charge is 0.481 e. The average Bonchev–Trinajstić information content (AvgIpc) is 2.67. The third-order valence-corrected chi connectivity index (χ3v) is 3.81. The molecule has 1 aromatic heterocycles. The molecular weight excluding hydrogens is 326 g/mol. The van der Waals surface area contributed by atoms with E-state index in [1.165, 1.54) is 11.1 Å². The van der Waals surface area contributed by atoms with Crippen molar-refractivity contribution in [2.45, 2.75) is 13.5 Å². The van der Waals surface area contributed by atoms with Gasteiger partial charge >= 0.3 is 0 Å². The van der Waals surface area contributed by atoms with Gasteiger partial charge in [0.15, 0.2) is 5.96 Å². The highest BCUT2D eigenvalue weighted by Crippen LogP contribution is 2.19. The fraction of sp³-hybridized carbons (Fsp3) is 0.150. The van der Waals surface area contributed by atoms with Gasteiger partial charge < -0.3 is 10.1 Å². The Bertz CT molecular complexity index is 878. The third kappa shape index (κ3) is 4.57. The second-order valence-corrected chi connectivity index (χ2v) is 5.79. The molecule has 6 heteroatoms. The van der Waals surface area contributed by atoms with Crippen molar-refractivity contribution in [3.8, 4) is 17.0 Å². The monoisotopic (exact) mass is 347 g/mol. The number of hydrogen-bond acceptors (Lipinski definition) is 4. The van der Waals surface area contributed by atoms with E-state index in [1.54, 1.807) is 13.2 Å². The van der Waals surface area contributed by atoms with Gasteiger partial charge in [-0.15, -0.1) is 0 Å². The van der Waals surface area contributed by atoms with Crippen LogP contribution in [-0.4, -0.2) is 23.0 Å². The van der Waals surface area contributed by atoms with E-state index in [0.717, 1.165) is 11.3 Å². The van der Waals surface area contributed by atoms with Crippen LogP contribution in [-0.2, 0) is 6.54 Å². The number of rotatable bonds is 5. The second kappa shape index (κ2) is 8.11. The molecule has 0 aliphatic heterocycles. The van der Waals surface area contributed by atoms with Gasteiger partial charge in [0.2, 0.25) is 11.8 Å². The first-order chi connectivity index (χ1) is 12.6. The molecular formula is C20H21N5O. The predicted molar refractivity (Wildman–Crippen MR) is 103 cm³/mol. The summed E-state index contributed by atoms with van der Waals surface area (Å²) in [4.78, 5) is 8.41. The van der Waals surface area contributed by atoms with Crippen molar-refractivity contribution in [2.24, 2.45) is 0 Å². The summed E-state index contributed by atoms with van der Waals surface area (Å²) in [6.45, 7) is 2.38. The number of guanidine groups is 1. The fourth-order valence-corrected chi connectivity index (χ4v) is 2.49. The molecule has 0 spiro atoms. The summed E-state index contributed by atoms with van der Waals surface area (Å²) < 4.78 is 5.11. The van der Waals surface area contributed by atoms with Crippen LogP contribution in [0.3, 0.4) is 0 Å². The molecule has 0 saturated heterocycles. The van der Waals surface area contributed by atoms with Crippen LogP contribution in [0, 0.1) is 12.3 Å². The Labute approximate surface area is 152 Å². The number of anilines is 1. The Morgan fingerprint density at radius 2 is 1.69 bits per heavy atom. The van der Waals surface area contributed by atoms with E-state index in [-0.39, 0.29) is 5.96 Å². The molecule has 0 fully saturated rings. The minimum atomic E-state index is 0.129. The fourth-order valence-electron chi connectivity index (χ4n) is 2.49. The third-order valence-electron chi connectivity index (χ3n) is 3.81. The molecule has 0 aliphatic carbocycles. The summed E-state index contributed by atoms with van der Waals surface area (Å²) in [6.07, 6.45) is 0. The van der Waals surface area contributed by atoms with E-state index in [1.807, 2.05) is 25.1 Å². The molecule has 26 heavy (non-hydrogen) atoms. The number of methoxy groups -OCH3 is 1. The summed E-state index contributed by atoms with van der Waals surface area (Å²) in [5.74, 6) is 0.924. The van der Waals surface area contributed by atoms with Crippen molar-refractivity contribution >= 4 is 11.9 Å². The highest BCUT2D eigenvalue weighted by molar-refractivity contribution is 5.89. The average molecular weight is 347 g/mol. The van der Waals surface area contributed by atoms with Crippen LogP contribution < -0.4 is 15.4 Å². The smallest absolute Gasteiger partial charge is 0.233 e. The summed E-state index contributed by atoms with van der Waals surface area (Å²) >= 11 is 0. The molecule has 0 unspecified atom stereocenters. The van der Waals surface area contributed by atoms with Crippen molar-refractivity contribution in [1.82, 2.24) is 15.3 Å². The first kappa shape index (κ1) is 17.4. The van der Waals surface area contributed by atoms with Crippen LogP contribution in [0.1, 0.15) is 11.3 Å². The molecule has 0 radical (unpaired) electrons. The lowest BCUT2D eigenvalue weighted by Gasteiger charge is -2.11. The zero-order chi connectivity index (χ0) is 18.4. The standard InChI is InChI=1S/C20H21N5O/c1-14-12-18(26-2)24-20(23-14)25-19(21)22-13-15-8-10-17(11-9-15)16-6-4-3-5-7-16/h3-12H,13H2,1-2H3,(H3,21,22,23,24,25). The van der Waals surface area contributed by atoms with Gasteiger partial charge in [-0.05, 0) is 23.6 Å². The van der Waals surface area contributed by atoms with Gasteiger partial charge in [0.1, 0.15) is 0 Å². The Kier molecular flexibility index (Phi) is 5.43. The molecule has 132 valence electrons. The number of aryl methyl sites for hydroxylation is 1. The number of hydrogen-bond donors (Lipinski definition) is 3. The highest BCUT2D eigenvalue weighted by Gasteiger charge is 2.05. The van der Waals surface area contributed by atoms with Crippen LogP contribution in [0.15, 0.2) is 60.7 Å². The van der Waals surface area contributed by atoms with E-state index in [0.29, 0.717) is 18.4 Å². The van der Waals surface area contributed by atoms with Gasteiger partial charge in [-0.3, -0.25) is 10.7 Å². The first-order valence-corrected chi connectivity index (χ1v) is 8.27. The second-order valence-electron chi connectivity index (χ2n) is 5.79. The number of benzene rings is 2. The minimum Gasteiger partial charge on any atom is -0.481 e. The molecule has 3 N–H and O–H groups in total. The molecule has 6 nitrogen and oxygen atoms in total. The van der Waals surface area contributed by atoms with Crippen LogP contribution in [0.5, 0.6) is 5.88 Å². The molecule has 0 amide bonds. The van der Waals surface area contributed by atoms with Crippen LogP contribution in [0.25, 0.3) is 11.1 Å². The first-order valence-electron chi connectivity index (χ1n) is 8.27. The van der Waals surface area contributed by atoms with Crippen molar-refractivity contribution in [1.29, 1.82) is 5.41 Å². The quantitative estimate of drug-likeness (QED) is 0.485. The SMILES string of the molecule is COc1cc(C)nc(NC(=N)NCc2ccc(-c3ccccc3)cc2)n1. The van der Waals surface area contributed by atoms with E-state index >= 15 is 0 Å². The van der Waals surface area contributed by atoms with Gasteiger partial charge in [-0.1, -0.05) is 54.6 Å². The van der Waals surface area contributed by atoms with Crippen molar-refractivity contribution in [2.75, 3.05) is 12.4 Å². The molecule has 1 heterocycles. The van der Waals surface area contributed by atoms with Crippen LogP contribution >= 0.6 is 0 Å². The van der Waals surface area contributed by atoms with Crippen molar-refractivity contribution in [3.63, 3.8) is 0 Å². The van der Waals surface area contributed by atoms with E-state index < -0.39 is 0 Å². The minimum absolute atomic E-state index is 0.129. The molecule has 2 aromatic carbocycles. The maximum atomic E-state index is 8.01. The van der Waals surface area contributed by atoms with E-state index in [9.17, 15) is 0 Å². The number of nitrogens with zero attached hydrogens (tertiary/aromatic N) is 2. The predicted octanol–water partition coefficient (Wildman–Crippen LogP) is 3.60. The summed E-state index contributed by atoms with van der Waals surface area (Å²) in [5.41, 5.74) is 4.21. The number of ether oxygens (including phenoxy) is 1. The molecule has 0 aliphatic rings.